The number of rotatable bonds is 6. The van der Waals surface area contributed by atoms with Crippen LogP contribution in [0.1, 0.15) is 65.9 Å². The molecular formula is C27H32N2O4. The minimum atomic E-state index is -0.485. The van der Waals surface area contributed by atoms with Crippen molar-refractivity contribution in [3.05, 3.63) is 65.2 Å². The maximum atomic E-state index is 13.8. The Balaban J connectivity index is 1.46. The number of nitrogens with one attached hydrogen (secondary N) is 1. The predicted octanol–water partition coefficient (Wildman–Crippen LogP) is 4.04. The first-order chi connectivity index (χ1) is 16.1. The van der Waals surface area contributed by atoms with Crippen LogP contribution < -0.4 is 10.1 Å². The fourth-order valence-electron chi connectivity index (χ4n) is 5.96. The van der Waals surface area contributed by atoms with E-state index in [4.69, 9.17) is 9.47 Å². The Kier molecular flexibility index (Phi) is 6.11. The smallest absolute Gasteiger partial charge is 0.254 e. The summed E-state index contributed by atoms with van der Waals surface area (Å²) in [7, 11) is 1.64. The first-order valence-corrected chi connectivity index (χ1v) is 12.1. The number of benzene rings is 2. The van der Waals surface area contributed by atoms with Crippen molar-refractivity contribution in [2.24, 2.45) is 0 Å². The van der Waals surface area contributed by atoms with E-state index in [1.54, 1.807) is 7.11 Å². The minimum Gasteiger partial charge on any atom is -0.497 e. The van der Waals surface area contributed by atoms with E-state index in [-0.39, 0.29) is 23.8 Å². The topological polar surface area (TPSA) is 67.9 Å². The molecule has 2 heterocycles. The molecule has 0 radical (unpaired) electrons. The molecule has 1 spiro atoms. The molecule has 1 saturated carbocycles. The summed E-state index contributed by atoms with van der Waals surface area (Å²) in [5.41, 5.74) is 2.04. The van der Waals surface area contributed by atoms with Crippen molar-refractivity contribution in [1.29, 1.82) is 0 Å². The van der Waals surface area contributed by atoms with Crippen molar-refractivity contribution >= 4 is 11.8 Å². The number of amides is 2. The van der Waals surface area contributed by atoms with Gasteiger partial charge in [0.25, 0.3) is 5.91 Å². The quantitative estimate of drug-likeness (QED) is 0.724. The fourth-order valence-corrected chi connectivity index (χ4v) is 5.96. The normalized spacial score (nSPS) is 23.5. The molecule has 5 rings (SSSR count). The molecule has 174 valence electrons. The van der Waals surface area contributed by atoms with Crippen LogP contribution in [0.2, 0.25) is 0 Å². The van der Waals surface area contributed by atoms with Crippen LogP contribution in [0.15, 0.2) is 48.5 Å². The summed E-state index contributed by atoms with van der Waals surface area (Å²) in [6, 6.07) is 15.4. The highest BCUT2D eigenvalue weighted by Gasteiger charge is 2.55. The maximum absolute atomic E-state index is 13.8. The van der Waals surface area contributed by atoms with Crippen LogP contribution in [0, 0.1) is 0 Å². The first kappa shape index (κ1) is 22.0. The Morgan fingerprint density at radius 2 is 1.88 bits per heavy atom. The zero-order valence-corrected chi connectivity index (χ0v) is 19.2. The van der Waals surface area contributed by atoms with Crippen LogP contribution in [0.4, 0.5) is 0 Å². The van der Waals surface area contributed by atoms with Gasteiger partial charge in [0.15, 0.2) is 0 Å². The summed E-state index contributed by atoms with van der Waals surface area (Å²) in [5, 5.41) is 3.18. The molecule has 1 aliphatic carbocycles. The van der Waals surface area contributed by atoms with E-state index in [9.17, 15) is 9.59 Å². The number of carbonyl (C=O) groups is 2. The number of carbonyl (C=O) groups excluding carboxylic acids is 2. The molecule has 1 saturated heterocycles. The molecule has 2 aromatic rings. The van der Waals surface area contributed by atoms with Crippen molar-refractivity contribution < 1.29 is 19.1 Å². The Labute approximate surface area is 195 Å². The highest BCUT2D eigenvalue weighted by Crippen LogP contribution is 2.50. The first-order valence-electron chi connectivity index (χ1n) is 12.1. The summed E-state index contributed by atoms with van der Waals surface area (Å²) in [4.78, 5) is 29.5. The number of fused-ring (bicyclic) bond motifs is 1. The average Bonchev–Trinajstić information content (AvgIpc) is 3.54. The summed E-state index contributed by atoms with van der Waals surface area (Å²) in [5.74, 6) is 0.445. The number of hydrogen-bond acceptors (Lipinski definition) is 4. The number of methoxy groups -OCH3 is 1. The van der Waals surface area contributed by atoms with E-state index in [1.807, 2.05) is 53.4 Å². The van der Waals surface area contributed by atoms with Gasteiger partial charge in [-0.1, -0.05) is 43.2 Å². The Morgan fingerprint density at radius 3 is 2.58 bits per heavy atom. The van der Waals surface area contributed by atoms with E-state index in [1.165, 1.54) is 0 Å². The average molecular weight is 449 g/mol. The largest absolute Gasteiger partial charge is 0.497 e. The van der Waals surface area contributed by atoms with Crippen LogP contribution in [0.5, 0.6) is 5.75 Å². The van der Waals surface area contributed by atoms with Gasteiger partial charge in [-0.2, -0.15) is 0 Å². The van der Waals surface area contributed by atoms with Gasteiger partial charge in [-0.15, -0.1) is 0 Å². The van der Waals surface area contributed by atoms with Gasteiger partial charge in [0, 0.05) is 25.3 Å². The van der Waals surface area contributed by atoms with Crippen LogP contribution in [0.3, 0.4) is 0 Å². The second-order valence-electron chi connectivity index (χ2n) is 9.45. The van der Waals surface area contributed by atoms with Gasteiger partial charge in [-0.3, -0.25) is 9.59 Å². The monoisotopic (exact) mass is 448 g/mol. The summed E-state index contributed by atoms with van der Waals surface area (Å²) in [6.45, 7) is 1.76. The zero-order valence-electron chi connectivity index (χ0n) is 19.2. The lowest BCUT2D eigenvalue weighted by atomic mass is 9.71. The highest BCUT2D eigenvalue weighted by atomic mass is 16.5. The van der Waals surface area contributed by atoms with Crippen molar-refractivity contribution in [2.45, 2.75) is 62.6 Å². The number of nitrogens with zero attached hydrogens (tertiary/aromatic N) is 1. The molecule has 0 aromatic heterocycles. The lowest BCUT2D eigenvalue weighted by Crippen LogP contribution is -2.62. The zero-order chi connectivity index (χ0) is 22.8. The summed E-state index contributed by atoms with van der Waals surface area (Å²) < 4.78 is 11.1. The molecular weight excluding hydrogens is 416 g/mol. The van der Waals surface area contributed by atoms with E-state index in [2.05, 4.69) is 5.32 Å². The molecule has 2 amide bonds. The van der Waals surface area contributed by atoms with Crippen molar-refractivity contribution in [2.75, 3.05) is 20.3 Å². The Bertz CT molecular complexity index is 1010. The predicted molar refractivity (Wildman–Crippen MR) is 125 cm³/mol. The van der Waals surface area contributed by atoms with E-state index >= 15 is 0 Å². The molecule has 0 unspecified atom stereocenters. The molecule has 33 heavy (non-hydrogen) atoms. The van der Waals surface area contributed by atoms with Gasteiger partial charge in [-0.25, -0.2) is 0 Å². The van der Waals surface area contributed by atoms with E-state index < -0.39 is 5.54 Å². The van der Waals surface area contributed by atoms with Crippen LogP contribution >= 0.6 is 0 Å². The van der Waals surface area contributed by atoms with Crippen molar-refractivity contribution in [3.8, 4) is 5.75 Å². The van der Waals surface area contributed by atoms with Gasteiger partial charge in [0.05, 0.1) is 24.7 Å². The molecule has 6 nitrogen and oxygen atoms in total. The number of ether oxygens (including phenoxy) is 2. The number of hydrogen-bond donors (Lipinski definition) is 1. The van der Waals surface area contributed by atoms with Crippen LogP contribution in [0.25, 0.3) is 0 Å². The summed E-state index contributed by atoms with van der Waals surface area (Å²) >= 11 is 0. The lowest BCUT2D eigenvalue weighted by Gasteiger charge is -2.50. The molecule has 2 aromatic carbocycles. The highest BCUT2D eigenvalue weighted by molar-refractivity contribution is 6.02. The second kappa shape index (κ2) is 9.18. The van der Waals surface area contributed by atoms with E-state index in [0.717, 1.165) is 62.0 Å². The SMILES string of the molecule is COc1ccc(CNC(=O)[C@H]2c3ccccc3C(=O)N(C[C@H]3CCCO3)C23CCCC3)cc1. The molecule has 3 aliphatic rings. The van der Waals surface area contributed by atoms with Crippen molar-refractivity contribution in [3.63, 3.8) is 0 Å². The third-order valence-electron chi connectivity index (χ3n) is 7.59. The minimum absolute atomic E-state index is 0.00925. The summed E-state index contributed by atoms with van der Waals surface area (Å²) in [6.07, 6.45) is 5.80. The van der Waals surface area contributed by atoms with Gasteiger partial charge in [-0.05, 0) is 55.0 Å². The Hall–Kier alpha value is -2.86. The maximum Gasteiger partial charge on any atom is 0.254 e. The van der Waals surface area contributed by atoms with Gasteiger partial charge in [0.1, 0.15) is 5.75 Å². The van der Waals surface area contributed by atoms with Crippen molar-refractivity contribution in [1.82, 2.24) is 10.2 Å². The van der Waals surface area contributed by atoms with Gasteiger partial charge >= 0.3 is 0 Å². The molecule has 2 aliphatic heterocycles. The van der Waals surface area contributed by atoms with Crippen LogP contribution in [-0.4, -0.2) is 48.6 Å². The molecule has 2 fully saturated rings. The molecule has 2 atom stereocenters. The molecule has 6 heteroatoms. The molecule has 1 N–H and O–H groups in total. The van der Waals surface area contributed by atoms with Gasteiger partial charge in [0.2, 0.25) is 5.91 Å². The molecule has 0 bridgehead atoms. The Morgan fingerprint density at radius 1 is 1.12 bits per heavy atom. The lowest BCUT2D eigenvalue weighted by molar-refractivity contribution is -0.127. The van der Waals surface area contributed by atoms with Gasteiger partial charge < -0.3 is 19.7 Å². The second-order valence-corrected chi connectivity index (χ2v) is 9.45. The van der Waals surface area contributed by atoms with E-state index in [0.29, 0.717) is 18.7 Å². The van der Waals surface area contributed by atoms with Crippen LogP contribution in [-0.2, 0) is 16.1 Å². The third kappa shape index (κ3) is 4.01. The standard InChI is InChI=1S/C27H32N2O4/c1-32-20-12-10-19(11-13-20)17-28-25(30)24-22-8-2-3-9-23(22)26(31)29(18-21-7-6-16-33-21)27(24)14-4-5-15-27/h2-3,8-13,21,24H,4-7,14-18H2,1H3,(H,28,30)/t21-,24-/m1/s1. The third-order valence-corrected chi connectivity index (χ3v) is 7.59. The fraction of sp³-hybridized carbons (Fsp3) is 0.481.